The van der Waals surface area contributed by atoms with Gasteiger partial charge in [-0.05, 0) is 45.0 Å². The molecule has 0 aliphatic carbocycles. The molecule has 0 aliphatic heterocycles. The minimum atomic E-state index is -0.551. The predicted octanol–water partition coefficient (Wildman–Crippen LogP) is 4.23. The summed E-state index contributed by atoms with van der Waals surface area (Å²) in [7, 11) is 0. The van der Waals surface area contributed by atoms with Crippen LogP contribution in [-0.2, 0) is 11.2 Å². The van der Waals surface area contributed by atoms with E-state index in [1.165, 1.54) is 6.07 Å². The maximum Gasteiger partial charge on any atom is 0.407 e. The number of halogens is 1. The number of fused-ring (bicyclic) bond motifs is 1. The number of rotatable bonds is 4. The summed E-state index contributed by atoms with van der Waals surface area (Å²) in [6.45, 7) is 5.77. The molecule has 0 aliphatic rings. The summed E-state index contributed by atoms with van der Waals surface area (Å²) >= 11 is 0. The summed E-state index contributed by atoms with van der Waals surface area (Å²) in [4.78, 5) is 16.4. The van der Waals surface area contributed by atoms with E-state index < -0.39 is 11.7 Å². The molecule has 136 valence electrons. The van der Waals surface area contributed by atoms with Crippen molar-refractivity contribution in [3.05, 3.63) is 60.2 Å². The highest BCUT2D eigenvalue weighted by Crippen LogP contribution is 2.24. The standard InChI is InChI=1S/C20H22FN3O2/c1-20(2,3)26-19(25)22-13-12-17-23-16-11-7-10-15(21)18(16)24(17)14-8-5-4-6-9-14/h4-11H,12-13H2,1-3H3,(H,22,25). The first-order chi connectivity index (χ1) is 12.3. The lowest BCUT2D eigenvalue weighted by atomic mass is 10.2. The lowest BCUT2D eigenvalue weighted by Gasteiger charge is -2.19. The van der Waals surface area contributed by atoms with Crippen LogP contribution in [0.1, 0.15) is 26.6 Å². The van der Waals surface area contributed by atoms with E-state index in [1.54, 1.807) is 16.7 Å². The number of para-hydroxylation sites is 2. The molecule has 0 saturated carbocycles. The quantitative estimate of drug-likeness (QED) is 0.762. The van der Waals surface area contributed by atoms with Crippen LogP contribution >= 0.6 is 0 Å². The van der Waals surface area contributed by atoms with Gasteiger partial charge < -0.3 is 10.1 Å². The molecule has 1 aromatic heterocycles. The second-order valence-electron chi connectivity index (χ2n) is 6.99. The summed E-state index contributed by atoms with van der Waals surface area (Å²) < 4.78 is 21.5. The number of nitrogens with one attached hydrogen (secondary N) is 1. The van der Waals surface area contributed by atoms with Gasteiger partial charge in [0, 0.05) is 18.7 Å². The van der Waals surface area contributed by atoms with E-state index in [0.717, 1.165) is 5.69 Å². The molecule has 6 heteroatoms. The summed E-state index contributed by atoms with van der Waals surface area (Å²) in [6.07, 6.45) is -0.0338. The zero-order chi connectivity index (χ0) is 18.7. The Kier molecular flexibility index (Phi) is 4.93. The molecule has 26 heavy (non-hydrogen) atoms. The summed E-state index contributed by atoms with van der Waals surface area (Å²) in [5.41, 5.74) is 1.30. The number of imidazole rings is 1. The molecule has 0 fully saturated rings. The zero-order valence-corrected chi connectivity index (χ0v) is 15.1. The second kappa shape index (κ2) is 7.15. The molecule has 0 unspecified atom stereocenters. The van der Waals surface area contributed by atoms with E-state index in [0.29, 0.717) is 29.8 Å². The molecule has 0 atom stereocenters. The average Bonchev–Trinajstić information content (AvgIpc) is 2.94. The number of carbonyl (C=O) groups excluding carboxylic acids is 1. The Morgan fingerprint density at radius 1 is 1.15 bits per heavy atom. The molecule has 0 spiro atoms. The molecular weight excluding hydrogens is 333 g/mol. The number of amides is 1. The van der Waals surface area contributed by atoms with E-state index in [9.17, 15) is 9.18 Å². The Hall–Kier alpha value is -2.89. The Labute approximate surface area is 151 Å². The number of alkyl carbamates (subject to hydrolysis) is 1. The molecule has 1 heterocycles. The van der Waals surface area contributed by atoms with Crippen LogP contribution in [0.2, 0.25) is 0 Å². The highest BCUT2D eigenvalue weighted by atomic mass is 19.1. The predicted molar refractivity (Wildman–Crippen MR) is 99.0 cm³/mol. The molecule has 0 bridgehead atoms. The van der Waals surface area contributed by atoms with Crippen LogP contribution in [0.15, 0.2) is 48.5 Å². The maximum atomic E-state index is 14.4. The van der Waals surface area contributed by atoms with Gasteiger partial charge in [0.25, 0.3) is 0 Å². The van der Waals surface area contributed by atoms with E-state index >= 15 is 0 Å². The van der Waals surface area contributed by atoms with Crippen LogP contribution in [0.5, 0.6) is 0 Å². The van der Waals surface area contributed by atoms with Crippen LogP contribution < -0.4 is 5.32 Å². The van der Waals surface area contributed by atoms with Crippen LogP contribution in [0.25, 0.3) is 16.7 Å². The van der Waals surface area contributed by atoms with Crippen LogP contribution in [0, 0.1) is 5.82 Å². The van der Waals surface area contributed by atoms with Crippen molar-refractivity contribution in [2.75, 3.05) is 6.54 Å². The number of hydrogen-bond donors (Lipinski definition) is 1. The van der Waals surface area contributed by atoms with E-state index in [1.807, 2.05) is 51.1 Å². The van der Waals surface area contributed by atoms with Crippen molar-refractivity contribution in [2.45, 2.75) is 32.8 Å². The van der Waals surface area contributed by atoms with Gasteiger partial charge in [0.1, 0.15) is 22.8 Å². The van der Waals surface area contributed by atoms with Crippen LogP contribution in [0.3, 0.4) is 0 Å². The summed E-state index contributed by atoms with van der Waals surface area (Å²) in [6, 6.07) is 14.3. The molecule has 3 rings (SSSR count). The van der Waals surface area contributed by atoms with Gasteiger partial charge in [-0.15, -0.1) is 0 Å². The van der Waals surface area contributed by atoms with Gasteiger partial charge in [-0.2, -0.15) is 0 Å². The Morgan fingerprint density at radius 3 is 2.58 bits per heavy atom. The number of aromatic nitrogens is 2. The SMILES string of the molecule is CC(C)(C)OC(=O)NCCc1nc2cccc(F)c2n1-c1ccccc1. The molecule has 1 amide bonds. The summed E-state index contributed by atoms with van der Waals surface area (Å²) in [5.74, 6) is 0.345. The van der Waals surface area contributed by atoms with Gasteiger partial charge in [-0.25, -0.2) is 14.2 Å². The third-order valence-electron chi connectivity index (χ3n) is 3.73. The van der Waals surface area contributed by atoms with E-state index in [2.05, 4.69) is 10.3 Å². The first kappa shape index (κ1) is 17.9. The number of nitrogens with zero attached hydrogens (tertiary/aromatic N) is 2. The molecule has 1 N–H and O–H groups in total. The zero-order valence-electron chi connectivity index (χ0n) is 15.1. The first-order valence-electron chi connectivity index (χ1n) is 8.53. The van der Waals surface area contributed by atoms with Crippen molar-refractivity contribution in [1.29, 1.82) is 0 Å². The lowest BCUT2D eigenvalue weighted by molar-refractivity contribution is 0.0528. The van der Waals surface area contributed by atoms with Crippen molar-refractivity contribution in [1.82, 2.24) is 14.9 Å². The number of hydrogen-bond acceptors (Lipinski definition) is 3. The Morgan fingerprint density at radius 2 is 1.88 bits per heavy atom. The van der Waals surface area contributed by atoms with Gasteiger partial charge in [-0.3, -0.25) is 4.57 Å². The maximum absolute atomic E-state index is 14.4. The third-order valence-corrected chi connectivity index (χ3v) is 3.73. The largest absolute Gasteiger partial charge is 0.444 e. The molecule has 0 saturated heterocycles. The van der Waals surface area contributed by atoms with Gasteiger partial charge in [-0.1, -0.05) is 24.3 Å². The lowest BCUT2D eigenvalue weighted by Crippen LogP contribution is -2.33. The van der Waals surface area contributed by atoms with Crippen LogP contribution in [-0.4, -0.2) is 27.8 Å². The van der Waals surface area contributed by atoms with E-state index in [4.69, 9.17) is 4.74 Å². The molecule has 5 nitrogen and oxygen atoms in total. The number of ether oxygens (including phenoxy) is 1. The van der Waals surface area contributed by atoms with Gasteiger partial charge in [0.2, 0.25) is 0 Å². The fourth-order valence-corrected chi connectivity index (χ4v) is 2.75. The van der Waals surface area contributed by atoms with Crippen molar-refractivity contribution in [3.8, 4) is 5.69 Å². The second-order valence-corrected chi connectivity index (χ2v) is 6.99. The average molecular weight is 355 g/mol. The normalized spacial score (nSPS) is 11.5. The van der Waals surface area contributed by atoms with Gasteiger partial charge >= 0.3 is 6.09 Å². The van der Waals surface area contributed by atoms with Crippen molar-refractivity contribution < 1.29 is 13.9 Å². The third kappa shape index (κ3) is 4.02. The summed E-state index contributed by atoms with van der Waals surface area (Å²) in [5, 5.41) is 2.72. The Balaban J connectivity index is 1.87. The van der Waals surface area contributed by atoms with Crippen molar-refractivity contribution in [2.24, 2.45) is 0 Å². The first-order valence-corrected chi connectivity index (χ1v) is 8.53. The van der Waals surface area contributed by atoms with Gasteiger partial charge in [0.05, 0.1) is 5.52 Å². The molecule has 3 aromatic rings. The highest BCUT2D eigenvalue weighted by Gasteiger charge is 2.18. The minimum absolute atomic E-state index is 0.329. The smallest absolute Gasteiger partial charge is 0.407 e. The van der Waals surface area contributed by atoms with Crippen molar-refractivity contribution >= 4 is 17.1 Å². The Bertz CT molecular complexity index is 914. The number of carbonyl (C=O) groups is 1. The number of benzene rings is 2. The van der Waals surface area contributed by atoms with Crippen molar-refractivity contribution in [3.63, 3.8) is 0 Å². The van der Waals surface area contributed by atoms with E-state index in [-0.39, 0.29) is 5.82 Å². The van der Waals surface area contributed by atoms with Crippen LogP contribution in [0.4, 0.5) is 9.18 Å². The molecule has 2 aromatic carbocycles. The molecular formula is C20H22FN3O2. The monoisotopic (exact) mass is 355 g/mol. The highest BCUT2D eigenvalue weighted by molar-refractivity contribution is 5.79. The fraction of sp³-hybridized carbons (Fsp3) is 0.300. The topological polar surface area (TPSA) is 56.1 Å². The molecule has 0 radical (unpaired) electrons. The minimum Gasteiger partial charge on any atom is -0.444 e. The fourth-order valence-electron chi connectivity index (χ4n) is 2.75. The van der Waals surface area contributed by atoms with Gasteiger partial charge in [0.15, 0.2) is 0 Å².